The lowest BCUT2D eigenvalue weighted by molar-refractivity contribution is -0.147. The molecule has 0 aliphatic heterocycles. The highest BCUT2D eigenvalue weighted by Gasteiger charge is 2.26. The molecule has 0 bridgehead atoms. The molecule has 0 saturated heterocycles. The third-order valence-electron chi connectivity index (χ3n) is 3.82. The first-order valence-corrected chi connectivity index (χ1v) is 8.04. The third-order valence-corrected chi connectivity index (χ3v) is 3.82. The number of amides is 2. The van der Waals surface area contributed by atoms with Crippen molar-refractivity contribution in [3.63, 3.8) is 0 Å². The van der Waals surface area contributed by atoms with Crippen molar-refractivity contribution >= 4 is 28.7 Å². The number of para-hydroxylation sites is 1. The van der Waals surface area contributed by atoms with E-state index in [2.05, 4.69) is 10.3 Å². The zero-order valence-electron chi connectivity index (χ0n) is 14.2. The average molecular weight is 343 g/mol. The van der Waals surface area contributed by atoms with Gasteiger partial charge in [0.1, 0.15) is 6.04 Å². The van der Waals surface area contributed by atoms with Crippen molar-refractivity contribution in [2.75, 3.05) is 6.61 Å². The molecule has 132 valence electrons. The molecule has 0 unspecified atom stereocenters. The normalized spacial score (nSPS) is 13.0. The van der Waals surface area contributed by atoms with Crippen molar-refractivity contribution in [1.82, 2.24) is 10.3 Å². The number of hydrogen-bond acceptors (Lipinski definition) is 5. The number of nitrogens with zero attached hydrogens (tertiary/aromatic N) is 1. The topological polar surface area (TPSA) is 111 Å². The number of aromatic nitrogens is 1. The van der Waals surface area contributed by atoms with Crippen LogP contribution in [0.3, 0.4) is 0 Å². The Morgan fingerprint density at radius 1 is 1.24 bits per heavy atom. The lowest BCUT2D eigenvalue weighted by Crippen LogP contribution is -2.46. The minimum Gasteiger partial charge on any atom is -0.466 e. The SMILES string of the molecule is CCOC(=O)[C@@H](C)C[C@H](NC(=O)c1ccnc2ccccc12)C(N)=O. The van der Waals surface area contributed by atoms with Crippen molar-refractivity contribution in [1.29, 1.82) is 0 Å². The molecule has 0 aliphatic carbocycles. The van der Waals surface area contributed by atoms with Gasteiger partial charge in [0, 0.05) is 11.6 Å². The molecule has 25 heavy (non-hydrogen) atoms. The standard InChI is InChI=1S/C18H21N3O4/c1-3-25-18(24)11(2)10-15(16(19)22)21-17(23)13-8-9-20-14-7-5-4-6-12(13)14/h4-9,11,15H,3,10H2,1-2H3,(H2,19,22)(H,21,23)/t11-,15-/m0/s1. The first-order valence-electron chi connectivity index (χ1n) is 8.04. The smallest absolute Gasteiger partial charge is 0.308 e. The molecule has 1 aromatic carbocycles. The minimum absolute atomic E-state index is 0.0723. The van der Waals surface area contributed by atoms with E-state index in [1.807, 2.05) is 6.07 Å². The average Bonchev–Trinajstić information content (AvgIpc) is 2.60. The first-order chi connectivity index (χ1) is 11.9. The minimum atomic E-state index is -0.973. The van der Waals surface area contributed by atoms with Gasteiger partial charge < -0.3 is 15.8 Å². The Kier molecular flexibility index (Phi) is 6.05. The Labute approximate surface area is 145 Å². The van der Waals surface area contributed by atoms with Crippen molar-refractivity contribution < 1.29 is 19.1 Å². The van der Waals surface area contributed by atoms with Crippen LogP contribution in [0.15, 0.2) is 36.5 Å². The highest BCUT2D eigenvalue weighted by molar-refractivity contribution is 6.07. The van der Waals surface area contributed by atoms with Gasteiger partial charge in [0.15, 0.2) is 0 Å². The van der Waals surface area contributed by atoms with Crippen LogP contribution in [0.4, 0.5) is 0 Å². The summed E-state index contributed by atoms with van der Waals surface area (Å²) in [5, 5.41) is 3.27. The molecule has 0 aliphatic rings. The van der Waals surface area contributed by atoms with E-state index in [1.165, 1.54) is 6.20 Å². The number of hydrogen-bond donors (Lipinski definition) is 2. The molecule has 2 atom stereocenters. The van der Waals surface area contributed by atoms with Gasteiger partial charge in [-0.1, -0.05) is 25.1 Å². The van der Waals surface area contributed by atoms with Crippen LogP contribution in [0.5, 0.6) is 0 Å². The number of carbonyl (C=O) groups is 3. The van der Waals surface area contributed by atoms with Gasteiger partial charge in [-0.3, -0.25) is 19.4 Å². The second-order valence-corrected chi connectivity index (χ2v) is 5.69. The largest absolute Gasteiger partial charge is 0.466 e. The zero-order chi connectivity index (χ0) is 18.4. The van der Waals surface area contributed by atoms with Gasteiger partial charge in [-0.15, -0.1) is 0 Å². The maximum absolute atomic E-state index is 12.6. The molecular weight excluding hydrogens is 322 g/mol. The highest BCUT2D eigenvalue weighted by Crippen LogP contribution is 2.17. The van der Waals surface area contributed by atoms with E-state index in [9.17, 15) is 14.4 Å². The van der Waals surface area contributed by atoms with E-state index in [4.69, 9.17) is 10.5 Å². The number of pyridine rings is 1. The summed E-state index contributed by atoms with van der Waals surface area (Å²) >= 11 is 0. The molecule has 2 amide bonds. The molecule has 0 fully saturated rings. The monoisotopic (exact) mass is 343 g/mol. The summed E-state index contributed by atoms with van der Waals surface area (Å²) in [5.41, 5.74) is 6.44. The maximum atomic E-state index is 12.6. The van der Waals surface area contributed by atoms with Crippen LogP contribution in [0, 0.1) is 5.92 Å². The van der Waals surface area contributed by atoms with E-state index < -0.39 is 29.7 Å². The lowest BCUT2D eigenvalue weighted by atomic mass is 10.0. The highest BCUT2D eigenvalue weighted by atomic mass is 16.5. The quantitative estimate of drug-likeness (QED) is 0.738. The van der Waals surface area contributed by atoms with Crippen LogP contribution in [0.25, 0.3) is 10.9 Å². The fourth-order valence-electron chi connectivity index (χ4n) is 2.51. The fraction of sp³-hybridized carbons (Fsp3) is 0.333. The van der Waals surface area contributed by atoms with Crippen molar-refractivity contribution in [2.24, 2.45) is 11.7 Å². The molecule has 0 radical (unpaired) electrons. The first kappa shape index (κ1) is 18.4. The molecule has 1 aromatic heterocycles. The van der Waals surface area contributed by atoms with Gasteiger partial charge in [-0.2, -0.15) is 0 Å². The van der Waals surface area contributed by atoms with Gasteiger partial charge >= 0.3 is 5.97 Å². The number of carbonyl (C=O) groups excluding carboxylic acids is 3. The van der Waals surface area contributed by atoms with Crippen molar-refractivity contribution in [3.8, 4) is 0 Å². The second kappa shape index (κ2) is 8.23. The van der Waals surface area contributed by atoms with Crippen molar-refractivity contribution in [2.45, 2.75) is 26.3 Å². The van der Waals surface area contributed by atoms with Crippen LogP contribution >= 0.6 is 0 Å². The van der Waals surface area contributed by atoms with Crippen LogP contribution < -0.4 is 11.1 Å². The van der Waals surface area contributed by atoms with E-state index in [1.54, 1.807) is 38.1 Å². The summed E-state index contributed by atoms with van der Waals surface area (Å²) in [6.45, 7) is 3.58. The maximum Gasteiger partial charge on any atom is 0.308 e. The van der Waals surface area contributed by atoms with Crippen molar-refractivity contribution in [3.05, 3.63) is 42.1 Å². The number of benzene rings is 1. The predicted octanol–water partition coefficient (Wildman–Crippen LogP) is 1.41. The van der Waals surface area contributed by atoms with E-state index in [0.717, 1.165) is 0 Å². The lowest BCUT2D eigenvalue weighted by Gasteiger charge is -2.19. The number of ether oxygens (including phenoxy) is 1. The number of nitrogens with two attached hydrogens (primary N) is 1. The number of primary amides is 1. The Bertz CT molecular complexity index is 785. The fourth-order valence-corrected chi connectivity index (χ4v) is 2.51. The van der Waals surface area contributed by atoms with Gasteiger partial charge in [-0.05, 0) is 25.5 Å². The molecule has 0 saturated carbocycles. The summed E-state index contributed by atoms with van der Waals surface area (Å²) in [7, 11) is 0. The summed E-state index contributed by atoms with van der Waals surface area (Å²) < 4.78 is 4.92. The van der Waals surface area contributed by atoms with Gasteiger partial charge in [-0.25, -0.2) is 0 Å². The van der Waals surface area contributed by atoms with Gasteiger partial charge in [0.05, 0.1) is 23.6 Å². The summed E-state index contributed by atoms with van der Waals surface area (Å²) in [6, 6.07) is 7.79. The molecule has 1 heterocycles. The summed E-state index contributed by atoms with van der Waals surface area (Å²) in [4.78, 5) is 40.2. The van der Waals surface area contributed by atoms with Crippen LogP contribution in [-0.2, 0) is 14.3 Å². The molecular formula is C18H21N3O4. The molecule has 2 rings (SSSR count). The van der Waals surface area contributed by atoms with E-state index >= 15 is 0 Å². The van der Waals surface area contributed by atoms with Gasteiger partial charge in [0.25, 0.3) is 5.91 Å². The Hall–Kier alpha value is -2.96. The number of nitrogens with one attached hydrogen (secondary N) is 1. The summed E-state index contributed by atoms with van der Waals surface area (Å²) in [5.74, 6) is -2.15. The van der Waals surface area contributed by atoms with Crippen LogP contribution in [-0.4, -0.2) is 35.4 Å². The van der Waals surface area contributed by atoms with E-state index in [-0.39, 0.29) is 13.0 Å². The molecule has 0 spiro atoms. The van der Waals surface area contributed by atoms with Crippen LogP contribution in [0.1, 0.15) is 30.6 Å². The summed E-state index contributed by atoms with van der Waals surface area (Å²) in [6.07, 6.45) is 1.60. The van der Waals surface area contributed by atoms with Gasteiger partial charge in [0.2, 0.25) is 5.91 Å². The molecule has 2 aromatic rings. The van der Waals surface area contributed by atoms with Crippen LogP contribution in [0.2, 0.25) is 0 Å². The zero-order valence-corrected chi connectivity index (χ0v) is 14.2. The Morgan fingerprint density at radius 3 is 2.64 bits per heavy atom. The molecule has 7 nitrogen and oxygen atoms in total. The number of esters is 1. The molecule has 3 N–H and O–H groups in total. The third kappa shape index (κ3) is 4.53. The number of fused-ring (bicyclic) bond motifs is 1. The second-order valence-electron chi connectivity index (χ2n) is 5.69. The Balaban J connectivity index is 2.17. The predicted molar refractivity (Wildman–Crippen MR) is 92.6 cm³/mol. The molecule has 7 heteroatoms. The number of rotatable bonds is 7. The van der Waals surface area contributed by atoms with E-state index in [0.29, 0.717) is 16.5 Å². The Morgan fingerprint density at radius 2 is 1.96 bits per heavy atom.